The second kappa shape index (κ2) is 6.80. The summed E-state index contributed by atoms with van der Waals surface area (Å²) in [6, 6.07) is 6.41. The summed E-state index contributed by atoms with van der Waals surface area (Å²) in [6.45, 7) is 6.92. The van der Waals surface area contributed by atoms with Gasteiger partial charge in [-0.05, 0) is 56.0 Å². The summed E-state index contributed by atoms with van der Waals surface area (Å²) in [5.74, 6) is 3.08. The van der Waals surface area contributed by atoms with Gasteiger partial charge in [0.1, 0.15) is 13.2 Å². The Bertz CT molecular complexity index is 404. The minimum Gasteiger partial charge on any atom is -0.486 e. The summed E-state index contributed by atoms with van der Waals surface area (Å²) in [6.07, 6.45) is 2.37. The van der Waals surface area contributed by atoms with Crippen LogP contribution in [-0.4, -0.2) is 26.8 Å². The van der Waals surface area contributed by atoms with Crippen molar-refractivity contribution in [3.05, 3.63) is 23.8 Å². The van der Waals surface area contributed by atoms with E-state index in [1.54, 1.807) is 0 Å². The van der Waals surface area contributed by atoms with E-state index in [0.717, 1.165) is 24.5 Å². The monoisotopic (exact) mass is 263 g/mol. The normalized spacial score (nSPS) is 15.6. The van der Waals surface area contributed by atoms with E-state index in [2.05, 4.69) is 37.4 Å². The van der Waals surface area contributed by atoms with Crippen molar-refractivity contribution in [3.63, 3.8) is 0 Å². The van der Waals surface area contributed by atoms with Crippen LogP contribution in [-0.2, 0) is 0 Å². The Hall–Kier alpha value is -1.22. The molecule has 1 aromatic rings. The van der Waals surface area contributed by atoms with E-state index in [1.165, 1.54) is 12.0 Å². The molecule has 1 heterocycles. The predicted molar refractivity (Wildman–Crippen MR) is 78.2 cm³/mol. The number of hydrogen-bond acceptors (Lipinski definition) is 3. The van der Waals surface area contributed by atoms with E-state index in [4.69, 9.17) is 9.47 Å². The molecule has 1 atom stereocenters. The average Bonchev–Trinajstić information content (AvgIpc) is 2.42. The summed E-state index contributed by atoms with van der Waals surface area (Å²) >= 11 is 0. The van der Waals surface area contributed by atoms with Crippen LogP contribution in [0.5, 0.6) is 11.5 Å². The van der Waals surface area contributed by atoms with Gasteiger partial charge in [0.05, 0.1) is 0 Å². The van der Waals surface area contributed by atoms with E-state index >= 15 is 0 Å². The molecule has 19 heavy (non-hydrogen) atoms. The van der Waals surface area contributed by atoms with Crippen LogP contribution >= 0.6 is 0 Å². The molecule has 1 aliphatic heterocycles. The van der Waals surface area contributed by atoms with E-state index in [-0.39, 0.29) is 0 Å². The fourth-order valence-electron chi connectivity index (χ4n) is 2.62. The van der Waals surface area contributed by atoms with Crippen molar-refractivity contribution in [2.45, 2.75) is 32.6 Å². The Labute approximate surface area is 116 Å². The van der Waals surface area contributed by atoms with Gasteiger partial charge in [0.25, 0.3) is 0 Å². The second-order valence-corrected chi connectivity index (χ2v) is 5.62. The zero-order chi connectivity index (χ0) is 13.7. The van der Waals surface area contributed by atoms with E-state index < -0.39 is 0 Å². The van der Waals surface area contributed by atoms with Crippen LogP contribution in [0.1, 0.15) is 38.2 Å². The molecule has 106 valence electrons. The Morgan fingerprint density at radius 1 is 1.16 bits per heavy atom. The maximum atomic E-state index is 5.68. The van der Waals surface area contributed by atoms with Crippen molar-refractivity contribution < 1.29 is 9.47 Å². The number of rotatable bonds is 6. The molecule has 0 radical (unpaired) electrons. The summed E-state index contributed by atoms with van der Waals surface area (Å²) in [7, 11) is 2.01. The van der Waals surface area contributed by atoms with Crippen molar-refractivity contribution in [2.75, 3.05) is 26.8 Å². The Morgan fingerprint density at radius 2 is 1.89 bits per heavy atom. The molecular formula is C16H25NO2. The first-order chi connectivity index (χ1) is 9.20. The topological polar surface area (TPSA) is 30.5 Å². The Balaban J connectivity index is 2.15. The highest BCUT2D eigenvalue weighted by molar-refractivity contribution is 5.44. The van der Waals surface area contributed by atoms with Crippen LogP contribution in [0.3, 0.4) is 0 Å². The predicted octanol–water partition coefficient (Wildman–Crippen LogP) is 3.20. The van der Waals surface area contributed by atoms with Gasteiger partial charge in [-0.2, -0.15) is 0 Å². The lowest BCUT2D eigenvalue weighted by atomic mass is 9.87. The van der Waals surface area contributed by atoms with Crippen molar-refractivity contribution in [1.29, 1.82) is 0 Å². The van der Waals surface area contributed by atoms with Crippen molar-refractivity contribution in [2.24, 2.45) is 5.92 Å². The number of benzene rings is 1. The third-order valence-electron chi connectivity index (χ3n) is 3.54. The SMILES string of the molecule is CNCCC(CC(C)C)c1ccc2c(c1)OCCO2. The fourth-order valence-corrected chi connectivity index (χ4v) is 2.62. The van der Waals surface area contributed by atoms with Gasteiger partial charge in [0.15, 0.2) is 11.5 Å². The number of hydrogen-bond donors (Lipinski definition) is 1. The molecule has 0 amide bonds. The summed E-state index contributed by atoms with van der Waals surface area (Å²) in [4.78, 5) is 0. The smallest absolute Gasteiger partial charge is 0.161 e. The molecular weight excluding hydrogens is 238 g/mol. The van der Waals surface area contributed by atoms with E-state index in [1.807, 2.05) is 7.05 Å². The molecule has 0 fully saturated rings. The standard InChI is InChI=1S/C16H25NO2/c1-12(2)10-14(6-7-17-3)13-4-5-15-16(11-13)19-9-8-18-15/h4-5,11-12,14,17H,6-10H2,1-3H3. The average molecular weight is 263 g/mol. The van der Waals surface area contributed by atoms with Crippen LogP contribution in [0, 0.1) is 5.92 Å². The van der Waals surface area contributed by atoms with Crippen LogP contribution in [0.15, 0.2) is 18.2 Å². The molecule has 0 saturated heterocycles. The number of fused-ring (bicyclic) bond motifs is 1. The Kier molecular flexibility index (Phi) is 5.08. The first-order valence-electron chi connectivity index (χ1n) is 7.25. The molecule has 1 N–H and O–H groups in total. The highest BCUT2D eigenvalue weighted by atomic mass is 16.6. The van der Waals surface area contributed by atoms with Crippen LogP contribution in [0.4, 0.5) is 0 Å². The minimum absolute atomic E-state index is 0.586. The maximum Gasteiger partial charge on any atom is 0.161 e. The third-order valence-corrected chi connectivity index (χ3v) is 3.54. The number of nitrogens with one attached hydrogen (secondary N) is 1. The van der Waals surface area contributed by atoms with E-state index in [0.29, 0.717) is 25.0 Å². The fraction of sp³-hybridized carbons (Fsp3) is 0.625. The molecule has 1 aromatic carbocycles. The molecule has 0 spiro atoms. The quantitative estimate of drug-likeness (QED) is 0.855. The maximum absolute atomic E-state index is 5.68. The molecule has 1 aliphatic rings. The lowest BCUT2D eigenvalue weighted by Gasteiger charge is -2.23. The molecule has 0 aliphatic carbocycles. The van der Waals surface area contributed by atoms with Crippen molar-refractivity contribution in [3.8, 4) is 11.5 Å². The molecule has 3 nitrogen and oxygen atoms in total. The van der Waals surface area contributed by atoms with Gasteiger partial charge < -0.3 is 14.8 Å². The van der Waals surface area contributed by atoms with Gasteiger partial charge in [0, 0.05) is 0 Å². The Morgan fingerprint density at radius 3 is 2.58 bits per heavy atom. The number of ether oxygens (including phenoxy) is 2. The highest BCUT2D eigenvalue weighted by Gasteiger charge is 2.17. The summed E-state index contributed by atoms with van der Waals surface area (Å²) < 4.78 is 11.3. The van der Waals surface area contributed by atoms with Gasteiger partial charge in [-0.3, -0.25) is 0 Å². The molecule has 0 saturated carbocycles. The lowest BCUT2D eigenvalue weighted by Crippen LogP contribution is -2.17. The van der Waals surface area contributed by atoms with Crippen LogP contribution < -0.4 is 14.8 Å². The molecule has 0 aromatic heterocycles. The van der Waals surface area contributed by atoms with Gasteiger partial charge >= 0.3 is 0 Å². The minimum atomic E-state index is 0.586. The summed E-state index contributed by atoms with van der Waals surface area (Å²) in [5.41, 5.74) is 1.37. The van der Waals surface area contributed by atoms with Gasteiger partial charge in [-0.1, -0.05) is 19.9 Å². The van der Waals surface area contributed by atoms with Gasteiger partial charge in [-0.15, -0.1) is 0 Å². The molecule has 0 bridgehead atoms. The van der Waals surface area contributed by atoms with Gasteiger partial charge in [0.2, 0.25) is 0 Å². The second-order valence-electron chi connectivity index (χ2n) is 5.62. The molecule has 1 unspecified atom stereocenters. The first kappa shape index (κ1) is 14.2. The third kappa shape index (κ3) is 3.87. The van der Waals surface area contributed by atoms with Crippen LogP contribution in [0.2, 0.25) is 0 Å². The first-order valence-corrected chi connectivity index (χ1v) is 7.25. The molecule has 3 heteroatoms. The zero-order valence-electron chi connectivity index (χ0n) is 12.2. The van der Waals surface area contributed by atoms with E-state index in [9.17, 15) is 0 Å². The van der Waals surface area contributed by atoms with Gasteiger partial charge in [-0.25, -0.2) is 0 Å². The van der Waals surface area contributed by atoms with Crippen LogP contribution in [0.25, 0.3) is 0 Å². The highest BCUT2D eigenvalue weighted by Crippen LogP contribution is 2.35. The summed E-state index contributed by atoms with van der Waals surface area (Å²) in [5, 5.41) is 3.25. The van der Waals surface area contributed by atoms with Crippen molar-refractivity contribution >= 4 is 0 Å². The zero-order valence-corrected chi connectivity index (χ0v) is 12.2. The molecule has 2 rings (SSSR count). The largest absolute Gasteiger partial charge is 0.486 e. The van der Waals surface area contributed by atoms with Crippen molar-refractivity contribution in [1.82, 2.24) is 5.32 Å². The lowest BCUT2D eigenvalue weighted by molar-refractivity contribution is 0.171.